The van der Waals surface area contributed by atoms with Gasteiger partial charge in [-0.3, -0.25) is 4.99 Å². The normalized spacial score (nSPS) is 15.8. The lowest BCUT2D eigenvalue weighted by atomic mass is 10.2. The van der Waals surface area contributed by atoms with Crippen molar-refractivity contribution in [1.29, 1.82) is 0 Å². The Morgan fingerprint density at radius 1 is 1.41 bits per heavy atom. The van der Waals surface area contributed by atoms with Gasteiger partial charge in [0, 0.05) is 19.1 Å². The Labute approximate surface area is 126 Å². The van der Waals surface area contributed by atoms with Crippen molar-refractivity contribution in [1.82, 2.24) is 10.6 Å². The van der Waals surface area contributed by atoms with Gasteiger partial charge in [-0.25, -0.2) is 0 Å². The first kappa shape index (κ1) is 17.1. The molecule has 0 fully saturated rings. The van der Waals surface area contributed by atoms with E-state index in [-0.39, 0.29) is 24.0 Å². The van der Waals surface area contributed by atoms with Crippen molar-refractivity contribution in [3.05, 3.63) is 12.2 Å². The van der Waals surface area contributed by atoms with Crippen LogP contribution < -0.4 is 10.6 Å². The fourth-order valence-electron chi connectivity index (χ4n) is 1.65. The number of nitrogens with zero attached hydrogens (tertiary/aromatic N) is 1. The minimum absolute atomic E-state index is 0. The van der Waals surface area contributed by atoms with Gasteiger partial charge in [0.2, 0.25) is 0 Å². The van der Waals surface area contributed by atoms with Crippen molar-refractivity contribution in [2.24, 2.45) is 4.99 Å². The highest BCUT2D eigenvalue weighted by atomic mass is 127. The van der Waals surface area contributed by atoms with Crippen LogP contribution in [0.1, 0.15) is 26.2 Å². The molecule has 0 atom stereocenters. The molecule has 3 nitrogen and oxygen atoms in total. The average Bonchev–Trinajstić information content (AvgIpc) is 2.77. The van der Waals surface area contributed by atoms with Gasteiger partial charge in [0.05, 0.1) is 0 Å². The summed E-state index contributed by atoms with van der Waals surface area (Å²) in [7, 11) is 0. The fourth-order valence-corrected chi connectivity index (χ4v) is 2.07. The Hall–Kier alpha value is 0.0900. The van der Waals surface area contributed by atoms with Crippen molar-refractivity contribution >= 4 is 41.7 Å². The number of aliphatic imine (C=N–C) groups is 1. The number of rotatable bonds is 6. The molecule has 0 aromatic heterocycles. The maximum atomic E-state index is 4.57. The average molecular weight is 369 g/mol. The summed E-state index contributed by atoms with van der Waals surface area (Å²) in [5, 5.41) is 6.75. The van der Waals surface area contributed by atoms with Crippen LogP contribution in [0.4, 0.5) is 0 Å². The lowest BCUT2D eigenvalue weighted by molar-refractivity contribution is 0.633. The molecule has 0 unspecified atom stereocenters. The van der Waals surface area contributed by atoms with Crippen LogP contribution in [0.5, 0.6) is 0 Å². The Morgan fingerprint density at radius 2 is 2.12 bits per heavy atom. The molecule has 2 N–H and O–H groups in total. The Morgan fingerprint density at radius 3 is 2.71 bits per heavy atom. The zero-order valence-electron chi connectivity index (χ0n) is 10.7. The first-order chi connectivity index (χ1) is 7.86. The molecular formula is C12H24IN3S. The van der Waals surface area contributed by atoms with Gasteiger partial charge in [0.15, 0.2) is 5.96 Å². The number of hydrogen-bond acceptors (Lipinski definition) is 2. The largest absolute Gasteiger partial charge is 0.357 e. The topological polar surface area (TPSA) is 36.4 Å². The molecule has 0 heterocycles. The third kappa shape index (κ3) is 7.91. The summed E-state index contributed by atoms with van der Waals surface area (Å²) in [6.07, 6.45) is 9.99. The van der Waals surface area contributed by atoms with Crippen LogP contribution in [0.15, 0.2) is 17.1 Å². The highest BCUT2D eigenvalue weighted by Gasteiger charge is 2.10. The van der Waals surface area contributed by atoms with E-state index in [4.69, 9.17) is 0 Å². The Bertz CT molecular complexity index is 236. The zero-order valence-corrected chi connectivity index (χ0v) is 13.9. The SMILES string of the molecule is CCNC(=NCCCSC)NC1CC=CC1.I. The van der Waals surface area contributed by atoms with Crippen molar-refractivity contribution < 1.29 is 0 Å². The first-order valence-electron chi connectivity index (χ1n) is 6.05. The molecule has 1 aliphatic rings. The molecule has 100 valence electrons. The molecule has 0 aromatic carbocycles. The number of hydrogen-bond donors (Lipinski definition) is 2. The quantitative estimate of drug-likeness (QED) is 0.249. The molecule has 0 radical (unpaired) electrons. The van der Waals surface area contributed by atoms with Crippen molar-refractivity contribution in [3.63, 3.8) is 0 Å². The van der Waals surface area contributed by atoms with Crippen LogP contribution in [0.3, 0.4) is 0 Å². The van der Waals surface area contributed by atoms with Crippen LogP contribution >= 0.6 is 35.7 Å². The first-order valence-corrected chi connectivity index (χ1v) is 7.45. The van der Waals surface area contributed by atoms with E-state index in [1.807, 2.05) is 11.8 Å². The van der Waals surface area contributed by atoms with E-state index in [9.17, 15) is 0 Å². The second-order valence-electron chi connectivity index (χ2n) is 3.89. The molecule has 0 spiro atoms. The van der Waals surface area contributed by atoms with Crippen molar-refractivity contribution in [2.45, 2.75) is 32.2 Å². The van der Waals surface area contributed by atoms with E-state index in [0.29, 0.717) is 6.04 Å². The highest BCUT2D eigenvalue weighted by molar-refractivity contribution is 14.0. The molecule has 1 rings (SSSR count). The molecule has 0 amide bonds. The third-order valence-corrected chi connectivity index (χ3v) is 3.17. The summed E-state index contributed by atoms with van der Waals surface area (Å²) in [4.78, 5) is 4.57. The molecule has 0 bridgehead atoms. The summed E-state index contributed by atoms with van der Waals surface area (Å²) in [5.74, 6) is 2.16. The second-order valence-corrected chi connectivity index (χ2v) is 4.88. The van der Waals surface area contributed by atoms with Gasteiger partial charge in [-0.2, -0.15) is 11.8 Å². The molecule has 0 aromatic rings. The predicted octanol–water partition coefficient (Wildman–Crippen LogP) is 2.63. The molecule has 0 saturated carbocycles. The van der Waals surface area contributed by atoms with Gasteiger partial charge in [0.25, 0.3) is 0 Å². The van der Waals surface area contributed by atoms with E-state index >= 15 is 0 Å². The molecule has 0 aliphatic heterocycles. The minimum atomic E-state index is 0. The standard InChI is InChI=1S/C12H23N3S.HI/c1-3-13-12(14-9-6-10-16-2)15-11-7-4-5-8-11;/h4-5,11H,3,6-10H2,1-2H3,(H2,13,14,15);1H. The summed E-state index contributed by atoms with van der Waals surface area (Å²) in [6, 6.07) is 0.540. The van der Waals surface area contributed by atoms with Gasteiger partial charge >= 0.3 is 0 Å². The number of guanidine groups is 1. The van der Waals surface area contributed by atoms with E-state index < -0.39 is 0 Å². The van der Waals surface area contributed by atoms with Crippen LogP contribution in [0.2, 0.25) is 0 Å². The number of thioether (sulfide) groups is 1. The van der Waals surface area contributed by atoms with Crippen molar-refractivity contribution in [2.75, 3.05) is 25.1 Å². The third-order valence-electron chi connectivity index (χ3n) is 2.47. The van der Waals surface area contributed by atoms with Gasteiger partial charge in [0.1, 0.15) is 0 Å². The summed E-state index contributed by atoms with van der Waals surface area (Å²) in [6.45, 7) is 3.94. The zero-order chi connectivity index (χ0) is 11.6. The van der Waals surface area contributed by atoms with Crippen LogP contribution in [0, 0.1) is 0 Å². The molecule has 17 heavy (non-hydrogen) atoms. The lowest BCUT2D eigenvalue weighted by Crippen LogP contribution is -2.42. The minimum Gasteiger partial charge on any atom is -0.357 e. The number of halogens is 1. The maximum absolute atomic E-state index is 4.57. The monoisotopic (exact) mass is 369 g/mol. The molecule has 5 heteroatoms. The molecule has 1 aliphatic carbocycles. The van der Waals surface area contributed by atoms with E-state index in [1.165, 1.54) is 5.75 Å². The molecular weight excluding hydrogens is 345 g/mol. The van der Waals surface area contributed by atoms with Gasteiger partial charge in [-0.15, -0.1) is 24.0 Å². The number of nitrogens with one attached hydrogen (secondary N) is 2. The van der Waals surface area contributed by atoms with Crippen LogP contribution in [-0.2, 0) is 0 Å². The van der Waals surface area contributed by atoms with Crippen molar-refractivity contribution in [3.8, 4) is 0 Å². The van der Waals surface area contributed by atoms with Crippen LogP contribution in [-0.4, -0.2) is 37.1 Å². The maximum Gasteiger partial charge on any atom is 0.191 e. The van der Waals surface area contributed by atoms with E-state index in [2.05, 4.69) is 41.0 Å². The lowest BCUT2D eigenvalue weighted by Gasteiger charge is -2.16. The summed E-state index contributed by atoms with van der Waals surface area (Å²) >= 11 is 1.88. The fraction of sp³-hybridized carbons (Fsp3) is 0.750. The second kappa shape index (κ2) is 11.2. The van der Waals surface area contributed by atoms with E-state index in [0.717, 1.165) is 38.3 Å². The van der Waals surface area contributed by atoms with Gasteiger partial charge in [-0.1, -0.05) is 12.2 Å². The summed E-state index contributed by atoms with van der Waals surface area (Å²) in [5.41, 5.74) is 0. The Kier molecular flexibility index (Phi) is 11.3. The predicted molar refractivity (Wildman–Crippen MR) is 89.7 cm³/mol. The van der Waals surface area contributed by atoms with Crippen LogP contribution in [0.25, 0.3) is 0 Å². The Balaban J connectivity index is 0.00000256. The van der Waals surface area contributed by atoms with E-state index in [1.54, 1.807) is 0 Å². The molecule has 0 saturated heterocycles. The smallest absolute Gasteiger partial charge is 0.191 e. The summed E-state index contributed by atoms with van der Waals surface area (Å²) < 4.78 is 0. The highest BCUT2D eigenvalue weighted by Crippen LogP contribution is 2.08. The van der Waals surface area contributed by atoms with Gasteiger partial charge in [-0.05, 0) is 38.2 Å². The van der Waals surface area contributed by atoms with Gasteiger partial charge < -0.3 is 10.6 Å².